The largest absolute Gasteiger partial charge is 0.361 e. The number of benzene rings is 1. The van der Waals surface area contributed by atoms with Gasteiger partial charge in [0.25, 0.3) is 0 Å². The van der Waals surface area contributed by atoms with Gasteiger partial charge in [-0.1, -0.05) is 31.5 Å². The Bertz CT molecular complexity index is 573. The SMILES string of the molecule is CCc1cccc2c(CN3CCCCC3CN)c[nH]c12. The predicted molar refractivity (Wildman–Crippen MR) is 84.8 cm³/mol. The van der Waals surface area contributed by atoms with Crippen molar-refractivity contribution < 1.29 is 0 Å². The Morgan fingerprint density at radius 2 is 2.20 bits per heavy atom. The van der Waals surface area contributed by atoms with E-state index in [0.29, 0.717) is 6.04 Å². The maximum Gasteiger partial charge on any atom is 0.0489 e. The molecule has 0 radical (unpaired) electrons. The van der Waals surface area contributed by atoms with Gasteiger partial charge in [-0.05, 0) is 36.9 Å². The number of likely N-dealkylation sites (tertiary alicyclic amines) is 1. The van der Waals surface area contributed by atoms with Gasteiger partial charge in [0.05, 0.1) is 0 Å². The summed E-state index contributed by atoms with van der Waals surface area (Å²) in [5, 5.41) is 1.38. The zero-order valence-electron chi connectivity index (χ0n) is 12.4. The number of piperidine rings is 1. The topological polar surface area (TPSA) is 45.0 Å². The first-order valence-electron chi connectivity index (χ1n) is 7.85. The number of aromatic amines is 1. The molecule has 0 aliphatic carbocycles. The van der Waals surface area contributed by atoms with Crippen LogP contribution in [0.4, 0.5) is 0 Å². The molecule has 3 heteroatoms. The molecular weight excluding hydrogens is 246 g/mol. The van der Waals surface area contributed by atoms with Crippen molar-refractivity contribution in [2.45, 2.75) is 45.2 Å². The molecule has 3 rings (SSSR count). The van der Waals surface area contributed by atoms with E-state index in [2.05, 4.69) is 41.2 Å². The van der Waals surface area contributed by atoms with Gasteiger partial charge in [-0.2, -0.15) is 0 Å². The molecule has 0 amide bonds. The van der Waals surface area contributed by atoms with Crippen molar-refractivity contribution in [3.8, 4) is 0 Å². The highest BCUT2D eigenvalue weighted by molar-refractivity contribution is 5.86. The molecule has 1 unspecified atom stereocenters. The van der Waals surface area contributed by atoms with E-state index < -0.39 is 0 Å². The van der Waals surface area contributed by atoms with E-state index in [-0.39, 0.29) is 0 Å². The molecule has 0 bridgehead atoms. The molecule has 1 aliphatic rings. The molecule has 3 nitrogen and oxygen atoms in total. The Labute approximate surface area is 121 Å². The summed E-state index contributed by atoms with van der Waals surface area (Å²) in [6.45, 7) is 5.20. The van der Waals surface area contributed by atoms with Crippen LogP contribution >= 0.6 is 0 Å². The van der Waals surface area contributed by atoms with Gasteiger partial charge in [0, 0.05) is 36.2 Å². The number of H-pyrrole nitrogens is 1. The molecule has 1 aromatic carbocycles. The number of aromatic nitrogens is 1. The lowest BCUT2D eigenvalue weighted by atomic mass is 10.0. The predicted octanol–water partition coefficient (Wildman–Crippen LogP) is 3.04. The fourth-order valence-corrected chi connectivity index (χ4v) is 3.45. The summed E-state index contributed by atoms with van der Waals surface area (Å²) in [4.78, 5) is 6.03. The van der Waals surface area contributed by atoms with E-state index in [1.165, 1.54) is 47.8 Å². The molecule has 1 aromatic heterocycles. The molecule has 1 atom stereocenters. The summed E-state index contributed by atoms with van der Waals surface area (Å²) in [5.74, 6) is 0. The third-order valence-corrected chi connectivity index (χ3v) is 4.66. The van der Waals surface area contributed by atoms with Crippen molar-refractivity contribution in [1.29, 1.82) is 0 Å². The lowest BCUT2D eigenvalue weighted by Gasteiger charge is -2.34. The summed E-state index contributed by atoms with van der Waals surface area (Å²) in [6, 6.07) is 7.19. The van der Waals surface area contributed by atoms with E-state index in [4.69, 9.17) is 5.73 Å². The summed E-state index contributed by atoms with van der Waals surface area (Å²) in [6.07, 6.45) is 7.14. The molecule has 3 N–H and O–H groups in total. The smallest absolute Gasteiger partial charge is 0.0489 e. The van der Waals surface area contributed by atoms with Gasteiger partial charge in [-0.15, -0.1) is 0 Å². The average molecular weight is 271 g/mol. The molecule has 1 saturated heterocycles. The summed E-state index contributed by atoms with van der Waals surface area (Å²) >= 11 is 0. The highest BCUT2D eigenvalue weighted by atomic mass is 15.2. The Balaban J connectivity index is 1.87. The van der Waals surface area contributed by atoms with Gasteiger partial charge >= 0.3 is 0 Å². The fraction of sp³-hybridized carbons (Fsp3) is 0.529. The zero-order chi connectivity index (χ0) is 13.9. The van der Waals surface area contributed by atoms with Crippen LogP contribution in [0.3, 0.4) is 0 Å². The number of hydrogen-bond acceptors (Lipinski definition) is 2. The second-order valence-corrected chi connectivity index (χ2v) is 5.86. The van der Waals surface area contributed by atoms with E-state index >= 15 is 0 Å². The van der Waals surface area contributed by atoms with Crippen LogP contribution in [0.1, 0.15) is 37.3 Å². The van der Waals surface area contributed by atoms with E-state index in [1.54, 1.807) is 0 Å². The summed E-state index contributed by atoms with van der Waals surface area (Å²) < 4.78 is 0. The van der Waals surface area contributed by atoms with Crippen LogP contribution in [0.25, 0.3) is 10.9 Å². The van der Waals surface area contributed by atoms with Crippen molar-refractivity contribution >= 4 is 10.9 Å². The third-order valence-electron chi connectivity index (χ3n) is 4.66. The first kappa shape index (κ1) is 13.7. The Kier molecular flexibility index (Phi) is 4.08. The second kappa shape index (κ2) is 5.98. The number of rotatable bonds is 4. The summed E-state index contributed by atoms with van der Waals surface area (Å²) in [7, 11) is 0. The van der Waals surface area contributed by atoms with Gasteiger partial charge in [0.2, 0.25) is 0 Å². The molecule has 2 aromatic rings. The number of nitrogens with zero attached hydrogens (tertiary/aromatic N) is 1. The minimum absolute atomic E-state index is 0.558. The third kappa shape index (κ3) is 2.48. The Morgan fingerprint density at radius 3 is 3.00 bits per heavy atom. The molecule has 1 aliphatic heterocycles. The summed E-state index contributed by atoms with van der Waals surface area (Å²) in [5.41, 5.74) is 10.1. The molecule has 0 spiro atoms. The zero-order valence-corrected chi connectivity index (χ0v) is 12.4. The van der Waals surface area contributed by atoms with Crippen LogP contribution in [0.15, 0.2) is 24.4 Å². The minimum Gasteiger partial charge on any atom is -0.361 e. The Hall–Kier alpha value is -1.32. The van der Waals surface area contributed by atoms with E-state index in [0.717, 1.165) is 19.5 Å². The monoisotopic (exact) mass is 271 g/mol. The lowest BCUT2D eigenvalue weighted by molar-refractivity contribution is 0.145. The number of hydrogen-bond donors (Lipinski definition) is 2. The normalized spacial score (nSPS) is 20.6. The van der Waals surface area contributed by atoms with Crippen molar-refractivity contribution in [3.63, 3.8) is 0 Å². The van der Waals surface area contributed by atoms with Crippen LogP contribution in [0.5, 0.6) is 0 Å². The lowest BCUT2D eigenvalue weighted by Crippen LogP contribution is -2.43. The number of fused-ring (bicyclic) bond motifs is 1. The molecule has 0 saturated carbocycles. The number of nitrogens with two attached hydrogens (primary N) is 1. The Morgan fingerprint density at radius 1 is 1.30 bits per heavy atom. The van der Waals surface area contributed by atoms with Crippen LogP contribution in [-0.2, 0) is 13.0 Å². The van der Waals surface area contributed by atoms with Crippen molar-refractivity contribution in [2.24, 2.45) is 5.73 Å². The van der Waals surface area contributed by atoms with Crippen molar-refractivity contribution in [3.05, 3.63) is 35.5 Å². The quantitative estimate of drug-likeness (QED) is 0.897. The molecule has 108 valence electrons. The van der Waals surface area contributed by atoms with E-state index in [1.807, 2.05) is 0 Å². The maximum absolute atomic E-state index is 5.93. The van der Waals surface area contributed by atoms with Crippen molar-refractivity contribution in [1.82, 2.24) is 9.88 Å². The fourth-order valence-electron chi connectivity index (χ4n) is 3.45. The minimum atomic E-state index is 0.558. The highest BCUT2D eigenvalue weighted by Crippen LogP contribution is 2.25. The number of nitrogens with one attached hydrogen (secondary N) is 1. The van der Waals surface area contributed by atoms with Gasteiger partial charge in [0.15, 0.2) is 0 Å². The van der Waals surface area contributed by atoms with Gasteiger partial charge in [0.1, 0.15) is 0 Å². The second-order valence-electron chi connectivity index (χ2n) is 5.86. The first-order chi connectivity index (χ1) is 9.83. The van der Waals surface area contributed by atoms with Gasteiger partial charge < -0.3 is 10.7 Å². The van der Waals surface area contributed by atoms with Crippen LogP contribution < -0.4 is 5.73 Å². The highest BCUT2D eigenvalue weighted by Gasteiger charge is 2.22. The average Bonchev–Trinajstić information content (AvgIpc) is 2.91. The van der Waals surface area contributed by atoms with E-state index in [9.17, 15) is 0 Å². The van der Waals surface area contributed by atoms with Gasteiger partial charge in [-0.3, -0.25) is 4.90 Å². The number of aryl methyl sites for hydroxylation is 1. The maximum atomic E-state index is 5.93. The van der Waals surface area contributed by atoms with Crippen molar-refractivity contribution in [2.75, 3.05) is 13.1 Å². The first-order valence-corrected chi connectivity index (χ1v) is 7.85. The molecule has 1 fully saturated rings. The molecular formula is C17H25N3. The van der Waals surface area contributed by atoms with Gasteiger partial charge in [-0.25, -0.2) is 0 Å². The molecule has 20 heavy (non-hydrogen) atoms. The van der Waals surface area contributed by atoms with Crippen LogP contribution in [-0.4, -0.2) is 29.0 Å². The molecule has 2 heterocycles. The number of para-hydroxylation sites is 1. The van der Waals surface area contributed by atoms with Crippen LogP contribution in [0.2, 0.25) is 0 Å². The van der Waals surface area contributed by atoms with Crippen LogP contribution in [0, 0.1) is 0 Å². The standard InChI is InChI=1S/C17H25N3/c1-2-13-6-5-8-16-14(11-19-17(13)16)12-20-9-4-3-7-15(20)10-18/h5-6,8,11,15,19H,2-4,7,9-10,12,18H2,1H3.